The van der Waals surface area contributed by atoms with Crippen LogP contribution < -0.4 is 15.4 Å². The van der Waals surface area contributed by atoms with Crippen LogP contribution in [0.25, 0.3) is 0 Å². The Morgan fingerprint density at radius 1 is 0.902 bits per heavy atom. The standard InChI is InChI=1S/C33H36N2O6/c1-33(2,3)41-32(39)35-27(20-23-14-17-25(18-15-23)40-21-24-12-8-5-9-13-24)30(37)28-29(36)26(34-31(28)38)19-16-22-10-6-4-7-11-22/h4-15,17-18,26-27,37H,16,19-21H2,1-3H3,(H,34,38)(H,35,39)/b30-28+. The SMILES string of the molecule is CC(C)(C)OC(=O)NC(Cc1ccc(OCc2ccccc2)cc1)/C(O)=C1\C(=O)NC(CCc2ccccc2)C1=O. The zero-order chi connectivity index (χ0) is 29.4. The highest BCUT2D eigenvalue weighted by Crippen LogP contribution is 2.23. The van der Waals surface area contributed by atoms with E-state index < -0.39 is 41.2 Å². The molecule has 214 valence electrons. The van der Waals surface area contributed by atoms with E-state index in [4.69, 9.17) is 9.47 Å². The molecule has 8 heteroatoms. The third-order valence-electron chi connectivity index (χ3n) is 6.55. The minimum atomic E-state index is -1.07. The number of Topliss-reactive ketones (excluding diaryl/α,β-unsaturated/α-hetero) is 1. The molecule has 2 amide bonds. The van der Waals surface area contributed by atoms with Crippen LogP contribution in [0.1, 0.15) is 43.9 Å². The highest BCUT2D eigenvalue weighted by atomic mass is 16.6. The second-order valence-corrected chi connectivity index (χ2v) is 11.0. The van der Waals surface area contributed by atoms with Crippen LogP contribution in [0.3, 0.4) is 0 Å². The summed E-state index contributed by atoms with van der Waals surface area (Å²) in [5.74, 6) is -0.997. The second-order valence-electron chi connectivity index (χ2n) is 11.0. The molecule has 0 radical (unpaired) electrons. The molecule has 0 bridgehead atoms. The predicted octanol–water partition coefficient (Wildman–Crippen LogP) is 5.21. The second kappa shape index (κ2) is 13.2. The van der Waals surface area contributed by atoms with Crippen molar-refractivity contribution in [1.82, 2.24) is 10.6 Å². The summed E-state index contributed by atoms with van der Waals surface area (Å²) in [5, 5.41) is 16.6. The van der Waals surface area contributed by atoms with Crippen LogP contribution in [0, 0.1) is 0 Å². The van der Waals surface area contributed by atoms with E-state index >= 15 is 0 Å². The van der Waals surface area contributed by atoms with Crippen molar-refractivity contribution in [2.75, 3.05) is 0 Å². The lowest BCUT2D eigenvalue weighted by molar-refractivity contribution is -0.117. The Morgan fingerprint density at radius 2 is 1.51 bits per heavy atom. The number of aliphatic hydroxyl groups is 1. The number of rotatable bonds is 10. The zero-order valence-electron chi connectivity index (χ0n) is 23.6. The number of ether oxygens (including phenoxy) is 2. The lowest BCUT2D eigenvalue weighted by Crippen LogP contribution is -2.42. The Hall–Kier alpha value is -4.59. The van der Waals surface area contributed by atoms with Gasteiger partial charge in [-0.05, 0) is 62.4 Å². The highest BCUT2D eigenvalue weighted by Gasteiger charge is 2.40. The summed E-state index contributed by atoms with van der Waals surface area (Å²) >= 11 is 0. The van der Waals surface area contributed by atoms with Crippen LogP contribution in [0.15, 0.2) is 96.3 Å². The monoisotopic (exact) mass is 556 g/mol. The number of hydrogen-bond acceptors (Lipinski definition) is 6. The molecule has 3 N–H and O–H groups in total. The van der Waals surface area contributed by atoms with E-state index in [0.717, 1.165) is 16.7 Å². The van der Waals surface area contributed by atoms with Crippen molar-refractivity contribution < 1.29 is 29.0 Å². The van der Waals surface area contributed by atoms with Crippen molar-refractivity contribution in [1.29, 1.82) is 0 Å². The third-order valence-corrected chi connectivity index (χ3v) is 6.55. The van der Waals surface area contributed by atoms with Crippen LogP contribution >= 0.6 is 0 Å². The molecule has 41 heavy (non-hydrogen) atoms. The smallest absolute Gasteiger partial charge is 0.408 e. The predicted molar refractivity (Wildman–Crippen MR) is 155 cm³/mol. The van der Waals surface area contributed by atoms with Gasteiger partial charge in [-0.3, -0.25) is 9.59 Å². The largest absolute Gasteiger partial charge is 0.509 e. The summed E-state index contributed by atoms with van der Waals surface area (Å²) in [4.78, 5) is 38.7. The van der Waals surface area contributed by atoms with E-state index in [1.165, 1.54) is 0 Å². The van der Waals surface area contributed by atoms with Gasteiger partial charge in [0.05, 0.1) is 12.1 Å². The first-order valence-corrected chi connectivity index (χ1v) is 13.7. The van der Waals surface area contributed by atoms with Gasteiger partial charge >= 0.3 is 6.09 Å². The van der Waals surface area contributed by atoms with Gasteiger partial charge in [0.15, 0.2) is 5.78 Å². The topological polar surface area (TPSA) is 114 Å². The summed E-state index contributed by atoms with van der Waals surface area (Å²) in [5.41, 5.74) is 1.70. The molecule has 1 aliphatic heterocycles. The average molecular weight is 557 g/mol. The van der Waals surface area contributed by atoms with Crippen LogP contribution in [0.5, 0.6) is 5.75 Å². The quantitative estimate of drug-likeness (QED) is 0.179. The number of benzene rings is 3. The average Bonchev–Trinajstić information content (AvgIpc) is 3.23. The van der Waals surface area contributed by atoms with Crippen LogP contribution in [0.2, 0.25) is 0 Å². The van der Waals surface area contributed by atoms with Crippen molar-refractivity contribution >= 4 is 17.8 Å². The maximum Gasteiger partial charge on any atom is 0.408 e. The molecule has 1 fully saturated rings. The maximum atomic E-state index is 13.2. The molecule has 1 heterocycles. The van der Waals surface area contributed by atoms with E-state index in [-0.39, 0.29) is 12.0 Å². The van der Waals surface area contributed by atoms with Gasteiger partial charge in [-0.15, -0.1) is 0 Å². The lowest BCUT2D eigenvalue weighted by Gasteiger charge is -2.24. The van der Waals surface area contributed by atoms with Gasteiger partial charge in [-0.2, -0.15) is 0 Å². The molecule has 8 nitrogen and oxygen atoms in total. The third kappa shape index (κ3) is 8.45. The minimum Gasteiger partial charge on any atom is -0.509 e. The number of ketones is 1. The first-order valence-electron chi connectivity index (χ1n) is 13.7. The number of nitrogens with one attached hydrogen (secondary N) is 2. The first-order chi connectivity index (χ1) is 19.6. The molecule has 0 aliphatic carbocycles. The fourth-order valence-electron chi connectivity index (χ4n) is 4.52. The van der Waals surface area contributed by atoms with Crippen molar-refractivity contribution in [2.24, 2.45) is 0 Å². The molecule has 1 saturated heterocycles. The van der Waals surface area contributed by atoms with Gasteiger partial charge in [0.1, 0.15) is 29.3 Å². The van der Waals surface area contributed by atoms with Gasteiger partial charge in [-0.25, -0.2) is 4.79 Å². The molecular weight excluding hydrogens is 520 g/mol. The Kier molecular flexibility index (Phi) is 9.45. The number of carbonyl (C=O) groups is 3. The molecule has 0 saturated carbocycles. The number of hydrogen-bond donors (Lipinski definition) is 3. The van der Waals surface area contributed by atoms with E-state index in [2.05, 4.69) is 10.6 Å². The molecule has 0 aromatic heterocycles. The summed E-state index contributed by atoms with van der Waals surface area (Å²) in [6, 6.07) is 24.8. The number of amides is 2. The fourth-order valence-corrected chi connectivity index (χ4v) is 4.52. The van der Waals surface area contributed by atoms with Gasteiger partial charge in [0.2, 0.25) is 0 Å². The highest BCUT2D eigenvalue weighted by molar-refractivity contribution is 6.27. The number of aryl methyl sites for hydroxylation is 1. The van der Waals surface area contributed by atoms with Crippen LogP contribution in [-0.4, -0.2) is 40.6 Å². The molecule has 1 aliphatic rings. The first kappa shape index (κ1) is 29.4. The molecule has 2 atom stereocenters. The summed E-state index contributed by atoms with van der Waals surface area (Å²) in [6.07, 6.45) is 0.316. The van der Waals surface area contributed by atoms with E-state index in [1.807, 2.05) is 60.7 Å². The Balaban J connectivity index is 1.50. The fraction of sp³-hybridized carbons (Fsp3) is 0.303. The summed E-state index contributed by atoms with van der Waals surface area (Å²) < 4.78 is 11.2. The molecular formula is C33H36N2O6. The number of carbonyl (C=O) groups excluding carboxylic acids is 3. The lowest BCUT2D eigenvalue weighted by atomic mass is 9.97. The Morgan fingerprint density at radius 3 is 2.12 bits per heavy atom. The molecule has 2 unspecified atom stereocenters. The van der Waals surface area contributed by atoms with Gasteiger partial charge < -0.3 is 25.2 Å². The molecule has 3 aromatic carbocycles. The van der Waals surface area contributed by atoms with Crippen LogP contribution in [0.4, 0.5) is 4.79 Å². The van der Waals surface area contributed by atoms with Gasteiger partial charge in [0, 0.05) is 6.42 Å². The minimum absolute atomic E-state index is 0.114. The van der Waals surface area contributed by atoms with Crippen molar-refractivity contribution in [3.63, 3.8) is 0 Å². The van der Waals surface area contributed by atoms with Crippen molar-refractivity contribution in [3.05, 3.63) is 113 Å². The maximum absolute atomic E-state index is 13.2. The Labute approximate surface area is 240 Å². The number of aliphatic hydroxyl groups excluding tert-OH is 1. The zero-order valence-corrected chi connectivity index (χ0v) is 23.6. The van der Waals surface area contributed by atoms with E-state index in [1.54, 1.807) is 45.0 Å². The molecule has 4 rings (SSSR count). The van der Waals surface area contributed by atoms with Gasteiger partial charge in [0.25, 0.3) is 5.91 Å². The van der Waals surface area contributed by atoms with Gasteiger partial charge in [-0.1, -0.05) is 72.8 Å². The van der Waals surface area contributed by atoms with Crippen molar-refractivity contribution in [2.45, 2.75) is 64.3 Å². The normalized spacial score (nSPS) is 17.0. The Bertz CT molecular complexity index is 1380. The van der Waals surface area contributed by atoms with E-state index in [0.29, 0.717) is 25.2 Å². The molecule has 0 spiro atoms. The van der Waals surface area contributed by atoms with E-state index in [9.17, 15) is 19.5 Å². The number of alkyl carbamates (subject to hydrolysis) is 1. The van der Waals surface area contributed by atoms with Crippen molar-refractivity contribution in [3.8, 4) is 5.75 Å². The summed E-state index contributed by atoms with van der Waals surface area (Å²) in [6.45, 7) is 5.58. The summed E-state index contributed by atoms with van der Waals surface area (Å²) in [7, 11) is 0. The molecule has 3 aromatic rings. The van der Waals surface area contributed by atoms with Crippen LogP contribution in [-0.2, 0) is 33.8 Å².